The molecule has 3 saturated heterocycles. The predicted octanol–water partition coefficient (Wildman–Crippen LogP) is 16.3. The highest BCUT2D eigenvalue weighted by Gasteiger charge is 2.45. The maximum atomic E-state index is 14.7. The zero-order chi connectivity index (χ0) is 104. The van der Waals surface area contributed by atoms with Gasteiger partial charge in [-0.2, -0.15) is 28.2 Å². The summed E-state index contributed by atoms with van der Waals surface area (Å²) in [6.07, 6.45) is 23.2. The number of H-pyrrole nitrogens is 1. The van der Waals surface area contributed by atoms with Gasteiger partial charge in [-0.1, -0.05) is 88.2 Å². The average molecular weight is 2260 g/mol. The molecule has 36 nitrogen and oxygen atoms in total. The lowest BCUT2D eigenvalue weighted by atomic mass is 9.86. The molecule has 12 heterocycles. The Morgan fingerprint density at radius 1 is 0.448 bits per heavy atom. The number of allylic oxidation sites excluding steroid dienone is 3. The molecule has 0 aliphatic carbocycles. The number of methoxy groups -OCH3 is 1. The van der Waals surface area contributed by atoms with Crippen molar-refractivity contribution in [2.45, 2.75) is 189 Å². The number of piperidine rings is 3. The van der Waals surface area contributed by atoms with Gasteiger partial charge in [-0.25, -0.2) is 80.9 Å². The number of amidine groups is 3. The smallest absolute Gasteiger partial charge is 0.338 e. The number of halogens is 10. The van der Waals surface area contributed by atoms with E-state index in [4.69, 9.17) is 58.9 Å². The van der Waals surface area contributed by atoms with E-state index in [1.54, 1.807) is 60.2 Å². The monoisotopic (exact) mass is 2250 g/mol. The van der Waals surface area contributed by atoms with Crippen molar-refractivity contribution in [2.24, 2.45) is 32.7 Å². The number of aliphatic imine (C=N–C) groups is 3. The summed E-state index contributed by atoms with van der Waals surface area (Å²) in [6, 6.07) is 3.22. The number of benzene rings is 3. The maximum Gasteiger partial charge on any atom is 0.338 e. The van der Waals surface area contributed by atoms with Crippen molar-refractivity contribution in [3.8, 4) is 0 Å². The SMILES string of the molecule is CCOC(=O)C1=C(C2CCN(S(=O)(=O)c3cn[nH]c3)CC2)NC(c2nccs2)=NC1c1ccc(F)c(F)c1Cl.CCOC(=O)C1=C(C2CCN(S(=O)(=O)c3cnn(CCCCCC(=O)O)c3)CC2)NC(c2nccs2)=NC1c1ccc(F)c(F)c1Cl.CCOC(=O)C1=C(C2CCN(S(=O)(=O)c3cnn(CCCCCC(=O)OC)c3)CC2)NC(c2nccs2)=NC1c1ccc(F)c(F)c1Cl.CCOC(=O)CCCCCBr. The average Bonchev–Trinajstić information content (AvgIpc) is 1.73. The summed E-state index contributed by atoms with van der Waals surface area (Å²) < 4.78 is 199. The van der Waals surface area contributed by atoms with Crippen LogP contribution in [0.15, 0.2) is 172 Å². The third-order valence-electron chi connectivity index (χ3n) is 24.0. The Balaban J connectivity index is 0.000000184. The second-order valence-electron chi connectivity index (χ2n) is 33.2. The van der Waals surface area contributed by atoms with Crippen LogP contribution in [-0.4, -0.2) is 219 Å². The highest BCUT2D eigenvalue weighted by Crippen LogP contribution is 2.47. The van der Waals surface area contributed by atoms with Gasteiger partial charge in [-0.05, 0) is 123 Å². The number of thiazole rings is 3. The van der Waals surface area contributed by atoms with E-state index in [2.05, 4.69) is 86.9 Å². The Labute approximate surface area is 868 Å². The third kappa shape index (κ3) is 28.4. The molecule has 3 atom stereocenters. The number of aromatic nitrogens is 9. The van der Waals surface area contributed by atoms with Crippen LogP contribution in [0.1, 0.15) is 193 Å². The van der Waals surface area contributed by atoms with Gasteiger partial charge in [0.1, 0.15) is 32.8 Å². The molecule has 6 aliphatic rings. The van der Waals surface area contributed by atoms with Gasteiger partial charge in [0.2, 0.25) is 30.1 Å². The number of carbonyl (C=O) groups excluding carboxylic acids is 5. The second-order valence-corrected chi connectivity index (χ2v) is 43.6. The molecular weight excluding hydrogens is 2150 g/mol. The lowest BCUT2D eigenvalue weighted by Crippen LogP contribution is -2.43. The van der Waals surface area contributed by atoms with E-state index in [0.29, 0.717) is 146 Å². The minimum absolute atomic E-state index is 0.0452. The van der Waals surface area contributed by atoms with E-state index in [0.717, 1.165) is 55.6 Å². The number of hydrogen-bond acceptors (Lipinski definition) is 32. The zero-order valence-corrected chi connectivity index (χ0v) is 87.9. The molecule has 3 aromatic carbocycles. The summed E-state index contributed by atoms with van der Waals surface area (Å²) >= 11 is 26.0. The van der Waals surface area contributed by atoms with Crippen molar-refractivity contribution in [1.82, 2.24) is 73.6 Å². The number of carboxylic acids is 1. The highest BCUT2D eigenvalue weighted by atomic mass is 79.9. The number of esters is 5. The number of carboxylic acid groups (broad SMARTS) is 1. The number of aliphatic carboxylic acids is 1. The fourth-order valence-electron chi connectivity index (χ4n) is 16.7. The molecule has 0 saturated carbocycles. The quantitative estimate of drug-likeness (QED) is 0.00596. The Hall–Kier alpha value is -10.7. The molecule has 782 valence electrons. The van der Waals surface area contributed by atoms with Crippen LogP contribution in [0.4, 0.5) is 26.3 Å². The minimum Gasteiger partial charge on any atom is -0.481 e. The topological polar surface area (TPSA) is 457 Å². The normalized spacial score (nSPS) is 17.5. The van der Waals surface area contributed by atoms with Crippen LogP contribution >= 0.6 is 84.7 Å². The maximum absolute atomic E-state index is 14.7. The number of nitrogens with zero attached hydrogens (tertiary/aromatic N) is 14. The summed E-state index contributed by atoms with van der Waals surface area (Å²) in [5.41, 5.74) is 1.82. The number of sulfonamides is 3. The van der Waals surface area contributed by atoms with E-state index in [-0.39, 0.29) is 143 Å². The molecule has 52 heteroatoms. The molecule has 5 N–H and O–H groups in total. The van der Waals surface area contributed by atoms with E-state index < -0.39 is 122 Å². The van der Waals surface area contributed by atoms with E-state index in [1.165, 1.54) is 114 Å². The van der Waals surface area contributed by atoms with Crippen LogP contribution < -0.4 is 16.0 Å². The second kappa shape index (κ2) is 53.3. The largest absolute Gasteiger partial charge is 0.481 e. The van der Waals surface area contributed by atoms with Crippen LogP contribution in [0.25, 0.3) is 0 Å². The number of carbonyl (C=O) groups is 6. The van der Waals surface area contributed by atoms with Crippen LogP contribution in [0.3, 0.4) is 0 Å². The first-order chi connectivity index (χ1) is 69.6. The molecule has 3 unspecified atom stereocenters. The number of nitrogens with one attached hydrogen (secondary N) is 4. The number of rotatable bonds is 39. The number of alkyl halides is 1. The van der Waals surface area contributed by atoms with Crippen molar-refractivity contribution in [1.29, 1.82) is 0 Å². The van der Waals surface area contributed by atoms with E-state index in [1.807, 2.05) is 6.92 Å². The Morgan fingerprint density at radius 2 is 0.779 bits per heavy atom. The fraction of sp³-hybridized carbons (Fsp3) is 0.452. The Morgan fingerprint density at radius 3 is 1.08 bits per heavy atom. The molecule has 6 aromatic heterocycles. The Bertz CT molecular complexity index is 6600. The molecular formula is C93H106BrCl3F6N18O18S6. The number of ether oxygens (including phenoxy) is 5. The van der Waals surface area contributed by atoms with Crippen LogP contribution in [-0.2, 0) is 95.6 Å². The Kier molecular flexibility index (Phi) is 41.5. The number of hydrogen-bond donors (Lipinski definition) is 5. The standard InChI is InChI=1S/C31H35ClF2N6O6S2.C30H33ClF2N6O6S2.C24H23ClF2N6O4S2.C8H15BrO2/c1-3-46-31(42)24-27(37-29(30-35-12-16-47-30)38-28(24)21-8-9-22(33)26(34)25(21)32)19-10-14-40(15-11-19)48(43,44)20-17-36-39(18-20)13-6-4-5-7-23(41)45-2;1-2-45-30(42)23-26(36-28(29-34-11-15-46-29)37-27(23)20-7-8-21(32)25(33)24(20)31)18-9-13-39(14-10-18)47(43,44)19-16-35-38(17-19)12-5-3-4-6-22(40)41;1-2-37-24(34)17-20(13-5-8-33(9-6-13)39(35,36)14-11-29-30-12-14)31-22(23-28-7-10-38-23)32-21(17)15-3-4-16(26)19(27)18(15)25;1-2-11-8(10)6-4-3-5-7-9/h8-9,12,16-19,28H,3-7,10-11,13-15H2,1-2H3,(H,37,38);7-8,11,15-18,27H,2-6,9-10,12-14H2,1H3,(H,36,37)(H,40,41);3-4,7,10-13,21H,2,5-6,8-9H2,1H3,(H,29,30)(H,31,32);2-7H2,1H3. The lowest BCUT2D eigenvalue weighted by molar-refractivity contribution is -0.143. The highest BCUT2D eigenvalue weighted by molar-refractivity contribution is 9.09. The number of aromatic amines is 1. The first kappa shape index (κ1) is 113. The molecule has 15 rings (SSSR count). The lowest BCUT2D eigenvalue weighted by Gasteiger charge is -2.36. The van der Waals surface area contributed by atoms with E-state index in [9.17, 15) is 80.4 Å². The number of unbranched alkanes of at least 4 members (excludes halogenated alkanes) is 6. The molecule has 6 aliphatic heterocycles. The fourth-order valence-corrected chi connectivity index (χ4v) is 23.9. The van der Waals surface area contributed by atoms with Crippen molar-refractivity contribution in [3.63, 3.8) is 0 Å². The first-order valence-corrected chi connectivity index (χ1v) is 55.7. The summed E-state index contributed by atoms with van der Waals surface area (Å²) in [6.45, 7) is 9.31. The minimum atomic E-state index is -3.88. The van der Waals surface area contributed by atoms with Crippen LogP contribution in [0.2, 0.25) is 15.1 Å². The predicted molar refractivity (Wildman–Crippen MR) is 532 cm³/mol. The van der Waals surface area contributed by atoms with Crippen molar-refractivity contribution < 1.29 is 109 Å². The van der Waals surface area contributed by atoms with Gasteiger partial charge in [-0.15, -0.1) is 34.0 Å². The summed E-state index contributed by atoms with van der Waals surface area (Å²) in [5.74, 6) is -10.6. The molecule has 0 radical (unpaired) electrons. The van der Waals surface area contributed by atoms with Crippen LogP contribution in [0.5, 0.6) is 0 Å². The van der Waals surface area contributed by atoms with Gasteiger partial charge < -0.3 is 44.7 Å². The van der Waals surface area contributed by atoms with Gasteiger partial charge in [0.05, 0.1) is 83.9 Å². The summed E-state index contributed by atoms with van der Waals surface area (Å²) in [5, 5.41) is 39.4. The van der Waals surface area contributed by atoms with Crippen molar-refractivity contribution in [3.05, 3.63) is 224 Å². The van der Waals surface area contributed by atoms with E-state index >= 15 is 0 Å². The van der Waals surface area contributed by atoms with Gasteiger partial charge in [0.15, 0.2) is 67.4 Å². The van der Waals surface area contributed by atoms with Gasteiger partial charge in [0.25, 0.3) is 0 Å². The summed E-state index contributed by atoms with van der Waals surface area (Å²) in [7, 11) is -10.1. The number of aryl methyl sites for hydroxylation is 2. The molecule has 9 aromatic rings. The summed E-state index contributed by atoms with van der Waals surface area (Å²) in [4.78, 5) is 100. The molecule has 0 spiro atoms. The zero-order valence-electron chi connectivity index (χ0n) is 79.2. The van der Waals surface area contributed by atoms with Crippen molar-refractivity contribution >= 4 is 168 Å². The van der Waals surface area contributed by atoms with Gasteiger partial charge in [0, 0.05) is 182 Å². The third-order valence-corrected chi connectivity index (χ3v) is 33.6. The molecule has 0 bridgehead atoms. The molecule has 0 amide bonds. The first-order valence-electron chi connectivity index (χ1n) is 46.5. The van der Waals surface area contributed by atoms with Crippen molar-refractivity contribution in [2.75, 3.05) is 78.1 Å². The van der Waals surface area contributed by atoms with Gasteiger partial charge >= 0.3 is 35.8 Å². The van der Waals surface area contributed by atoms with Gasteiger partial charge in [-0.3, -0.25) is 43.8 Å². The van der Waals surface area contributed by atoms with Crippen LogP contribution in [0, 0.1) is 52.7 Å². The molecule has 145 heavy (non-hydrogen) atoms. The molecule has 3 fully saturated rings.